The Labute approximate surface area is 336 Å². The Bertz CT molecular complexity index is 976. The third-order valence-electron chi connectivity index (χ3n) is 10.3. The lowest BCUT2D eigenvalue weighted by atomic mass is 10.0. The van der Waals surface area contributed by atoms with Gasteiger partial charge in [-0.25, -0.2) is 4.98 Å². The number of rotatable bonds is 40. The Morgan fingerprint density at radius 3 is 1.72 bits per heavy atom. The molecule has 1 aromatic heterocycles. The van der Waals surface area contributed by atoms with E-state index in [2.05, 4.69) is 31.1 Å². The van der Waals surface area contributed by atoms with Crippen LogP contribution in [0.2, 0.25) is 0 Å². The molecule has 0 spiro atoms. The van der Waals surface area contributed by atoms with Crippen molar-refractivity contribution in [2.45, 2.75) is 220 Å². The molecule has 1 rings (SSSR count). The lowest BCUT2D eigenvalue weighted by molar-refractivity contribution is -0.155. The number of unbranched alkanes of at least 4 members (excludes halogenated alkanes) is 21. The van der Waals surface area contributed by atoms with Crippen molar-refractivity contribution in [1.29, 1.82) is 0 Å². The summed E-state index contributed by atoms with van der Waals surface area (Å²) in [6.45, 7) is 8.53. The molecule has 1 amide bonds. The van der Waals surface area contributed by atoms with E-state index in [9.17, 15) is 14.4 Å². The van der Waals surface area contributed by atoms with E-state index in [1.807, 2.05) is 10.8 Å². The predicted molar refractivity (Wildman–Crippen MR) is 228 cm³/mol. The molecule has 0 aliphatic carbocycles. The summed E-state index contributed by atoms with van der Waals surface area (Å²) in [5.74, 6) is -0.114. The Kier molecular flexibility index (Phi) is 35.1. The van der Waals surface area contributed by atoms with Crippen LogP contribution in [0, 0.1) is 5.92 Å². The van der Waals surface area contributed by atoms with Crippen LogP contribution in [-0.2, 0) is 30.4 Å². The van der Waals surface area contributed by atoms with E-state index in [-0.39, 0.29) is 30.4 Å². The molecule has 0 aliphatic rings. The van der Waals surface area contributed by atoms with Gasteiger partial charge in [0.25, 0.3) is 0 Å². The fourth-order valence-corrected chi connectivity index (χ4v) is 7.84. The van der Waals surface area contributed by atoms with Gasteiger partial charge in [-0.1, -0.05) is 156 Å². The van der Waals surface area contributed by atoms with Crippen LogP contribution in [0.1, 0.15) is 207 Å². The fraction of sp³-hybridized carbons (Fsp3) is 0.867. The molecule has 8 nitrogen and oxygen atoms in total. The van der Waals surface area contributed by atoms with Gasteiger partial charge in [0, 0.05) is 43.4 Å². The number of imidazole rings is 1. The summed E-state index contributed by atoms with van der Waals surface area (Å²) in [7, 11) is 0. The highest BCUT2D eigenvalue weighted by Crippen LogP contribution is 2.22. The Balaban J connectivity index is 2.52. The number of carbonyl (C=O) groups excluding carboxylic acids is 3. The zero-order valence-corrected chi connectivity index (χ0v) is 36.1. The van der Waals surface area contributed by atoms with Gasteiger partial charge >= 0.3 is 11.9 Å². The first-order chi connectivity index (χ1) is 26.5. The minimum atomic E-state index is -0.544. The Hall–Kier alpha value is -2.03. The highest BCUT2D eigenvalue weighted by atomic mass is 32.2. The van der Waals surface area contributed by atoms with Gasteiger partial charge in [0.05, 0.1) is 25.3 Å². The molecule has 1 unspecified atom stereocenters. The fourth-order valence-electron chi connectivity index (χ4n) is 6.82. The van der Waals surface area contributed by atoms with Crippen LogP contribution in [0.4, 0.5) is 0 Å². The zero-order chi connectivity index (χ0) is 39.2. The molecule has 1 aromatic rings. The molecule has 9 heteroatoms. The summed E-state index contributed by atoms with van der Waals surface area (Å²) in [5, 5.41) is 3.00. The number of ether oxygens (including phenoxy) is 2. The Morgan fingerprint density at radius 1 is 0.685 bits per heavy atom. The first kappa shape index (κ1) is 50.0. The van der Waals surface area contributed by atoms with Crippen LogP contribution in [0.3, 0.4) is 0 Å². The van der Waals surface area contributed by atoms with Crippen molar-refractivity contribution in [3.05, 3.63) is 18.7 Å². The highest BCUT2D eigenvalue weighted by Gasteiger charge is 2.26. The number of carbonyl (C=O) groups is 3. The topological polar surface area (TPSA) is 99.5 Å². The second-order valence-corrected chi connectivity index (χ2v) is 16.7. The molecule has 1 atom stereocenters. The van der Waals surface area contributed by atoms with Gasteiger partial charge in [0.1, 0.15) is 6.10 Å². The van der Waals surface area contributed by atoms with E-state index in [0.29, 0.717) is 31.1 Å². The number of nitrogens with one attached hydrogen (secondary N) is 1. The SMILES string of the molecule is CCCCCCCCCCCCCCOC(=O)CCSCC(CC(=O)NCCCn1ccnc1)C(=O)OC(CCCCCCCC)CCCCCCCC. The molecule has 1 heterocycles. The lowest BCUT2D eigenvalue weighted by Gasteiger charge is -2.22. The van der Waals surface area contributed by atoms with Crippen LogP contribution < -0.4 is 5.32 Å². The molecule has 0 saturated carbocycles. The molecule has 54 heavy (non-hydrogen) atoms. The molecule has 314 valence electrons. The summed E-state index contributed by atoms with van der Waals surface area (Å²) in [6, 6.07) is 0. The van der Waals surface area contributed by atoms with E-state index in [1.165, 1.54) is 128 Å². The summed E-state index contributed by atoms with van der Waals surface area (Å²) >= 11 is 1.54. The van der Waals surface area contributed by atoms with Gasteiger partial charge in [0.15, 0.2) is 0 Å². The van der Waals surface area contributed by atoms with Gasteiger partial charge in [-0.2, -0.15) is 11.8 Å². The average Bonchev–Trinajstić information content (AvgIpc) is 3.69. The quantitative estimate of drug-likeness (QED) is 0.0523. The number of thioether (sulfide) groups is 1. The van der Waals surface area contributed by atoms with Crippen LogP contribution in [-0.4, -0.2) is 58.2 Å². The van der Waals surface area contributed by atoms with E-state index in [4.69, 9.17) is 9.47 Å². The summed E-state index contributed by atoms with van der Waals surface area (Å²) in [6.07, 6.45) is 38.1. The van der Waals surface area contributed by atoms with Crippen molar-refractivity contribution in [3.8, 4) is 0 Å². The largest absolute Gasteiger partial charge is 0.466 e. The number of esters is 2. The van der Waals surface area contributed by atoms with Crippen molar-refractivity contribution in [2.75, 3.05) is 24.7 Å². The lowest BCUT2D eigenvalue weighted by Crippen LogP contribution is -2.33. The molecule has 0 saturated heterocycles. The first-order valence-electron chi connectivity index (χ1n) is 22.7. The number of aryl methyl sites for hydroxylation is 1. The van der Waals surface area contributed by atoms with Crippen molar-refractivity contribution >= 4 is 29.6 Å². The van der Waals surface area contributed by atoms with Gasteiger partial charge in [-0.05, 0) is 38.5 Å². The minimum Gasteiger partial charge on any atom is -0.466 e. The monoisotopic (exact) mass is 778 g/mol. The normalized spacial score (nSPS) is 11.9. The highest BCUT2D eigenvalue weighted by molar-refractivity contribution is 7.99. The molecule has 0 aromatic carbocycles. The van der Waals surface area contributed by atoms with Crippen LogP contribution in [0.5, 0.6) is 0 Å². The smallest absolute Gasteiger partial charge is 0.310 e. The van der Waals surface area contributed by atoms with E-state index in [0.717, 1.165) is 51.5 Å². The Morgan fingerprint density at radius 2 is 1.20 bits per heavy atom. The molecule has 0 bridgehead atoms. The molecular formula is C45H83N3O5S. The second-order valence-electron chi connectivity index (χ2n) is 15.5. The third-order valence-corrected chi connectivity index (χ3v) is 11.4. The van der Waals surface area contributed by atoms with Crippen LogP contribution in [0.25, 0.3) is 0 Å². The van der Waals surface area contributed by atoms with Crippen LogP contribution in [0.15, 0.2) is 18.7 Å². The standard InChI is InChI=1S/C45H83N3O5S/c1-4-7-10-13-16-17-18-19-20-21-24-27-36-52-44(50)31-37-54-39-41(38-43(49)47-32-28-34-48-35-33-46-40-48)45(51)53-42(29-25-22-14-11-8-5-2)30-26-23-15-12-9-6-3/h33,35,40-42H,4-32,34,36-39H2,1-3H3,(H,47,49). The molecule has 0 fully saturated rings. The predicted octanol–water partition coefficient (Wildman–Crippen LogP) is 12.2. The molecule has 0 radical (unpaired) electrons. The minimum absolute atomic E-state index is 0.0983. The van der Waals surface area contributed by atoms with Crippen molar-refractivity contribution in [1.82, 2.24) is 14.9 Å². The van der Waals surface area contributed by atoms with Crippen molar-refractivity contribution in [3.63, 3.8) is 0 Å². The maximum atomic E-state index is 13.7. The summed E-state index contributed by atoms with van der Waals surface area (Å²) in [4.78, 5) is 43.2. The third kappa shape index (κ3) is 31.2. The van der Waals surface area contributed by atoms with Gasteiger partial charge in [0.2, 0.25) is 5.91 Å². The number of nitrogens with zero attached hydrogens (tertiary/aromatic N) is 2. The van der Waals surface area contributed by atoms with E-state index in [1.54, 1.807) is 24.3 Å². The number of hydrogen-bond acceptors (Lipinski definition) is 7. The molecule has 0 aliphatic heterocycles. The van der Waals surface area contributed by atoms with E-state index < -0.39 is 5.92 Å². The van der Waals surface area contributed by atoms with E-state index >= 15 is 0 Å². The average molecular weight is 778 g/mol. The molecule has 1 N–H and O–H groups in total. The summed E-state index contributed by atoms with van der Waals surface area (Å²) in [5.41, 5.74) is 0. The first-order valence-corrected chi connectivity index (χ1v) is 23.8. The number of aromatic nitrogens is 2. The summed E-state index contributed by atoms with van der Waals surface area (Å²) < 4.78 is 13.7. The van der Waals surface area contributed by atoms with Crippen molar-refractivity contribution < 1.29 is 23.9 Å². The molecular weight excluding hydrogens is 695 g/mol. The maximum Gasteiger partial charge on any atom is 0.310 e. The van der Waals surface area contributed by atoms with Crippen LogP contribution >= 0.6 is 11.8 Å². The van der Waals surface area contributed by atoms with Crippen molar-refractivity contribution in [2.24, 2.45) is 5.92 Å². The number of amides is 1. The zero-order valence-electron chi connectivity index (χ0n) is 35.3. The maximum absolute atomic E-state index is 13.7. The van der Waals surface area contributed by atoms with Gasteiger partial charge in [-0.3, -0.25) is 14.4 Å². The number of hydrogen-bond donors (Lipinski definition) is 1. The second kappa shape index (κ2) is 37.9. The van der Waals surface area contributed by atoms with Gasteiger partial charge < -0.3 is 19.4 Å². The van der Waals surface area contributed by atoms with Gasteiger partial charge in [-0.15, -0.1) is 0 Å².